The molecular formula is C21H23ClF3N2O3. The van der Waals surface area contributed by atoms with Crippen molar-refractivity contribution in [1.29, 1.82) is 0 Å². The Morgan fingerprint density at radius 2 is 1.93 bits per heavy atom. The maximum Gasteiger partial charge on any atom is 0.417 e. The van der Waals surface area contributed by atoms with E-state index in [0.29, 0.717) is 43.6 Å². The summed E-state index contributed by atoms with van der Waals surface area (Å²) in [5.74, 6) is 0.380. The van der Waals surface area contributed by atoms with Gasteiger partial charge in [0.25, 0.3) is 5.91 Å². The molecule has 163 valence electrons. The highest BCUT2D eigenvalue weighted by molar-refractivity contribution is 6.31. The van der Waals surface area contributed by atoms with Crippen LogP contribution >= 0.6 is 11.6 Å². The molecule has 0 saturated carbocycles. The van der Waals surface area contributed by atoms with Gasteiger partial charge in [-0.25, -0.2) is 4.98 Å². The topological polar surface area (TPSA) is 51.7 Å². The number of rotatable bonds is 9. The molecule has 2 rings (SSSR count). The van der Waals surface area contributed by atoms with Gasteiger partial charge in [-0.15, -0.1) is 0 Å². The number of carbonyl (C=O) groups excluding carboxylic acids is 1. The number of benzene rings is 1. The number of nitrogens with zero attached hydrogens (tertiary/aromatic N) is 2. The Bertz CT molecular complexity index is 871. The van der Waals surface area contributed by atoms with Gasteiger partial charge in [0.2, 0.25) is 5.88 Å². The molecule has 0 atom stereocenters. The fraction of sp³-hybridized carbons (Fsp3) is 0.381. The molecule has 0 aliphatic carbocycles. The van der Waals surface area contributed by atoms with Gasteiger partial charge in [0.15, 0.2) is 6.61 Å². The van der Waals surface area contributed by atoms with Gasteiger partial charge < -0.3 is 14.4 Å². The molecule has 0 spiro atoms. The minimum atomic E-state index is -4.56. The molecular weight excluding hydrogens is 421 g/mol. The second-order valence-corrected chi connectivity index (χ2v) is 6.75. The van der Waals surface area contributed by atoms with Crippen LogP contribution in [0.4, 0.5) is 13.2 Å². The Morgan fingerprint density at radius 1 is 1.23 bits per heavy atom. The Morgan fingerprint density at radius 3 is 2.50 bits per heavy atom. The molecule has 1 aromatic heterocycles. The van der Waals surface area contributed by atoms with Crippen molar-refractivity contribution in [1.82, 2.24) is 9.88 Å². The van der Waals surface area contributed by atoms with Crippen LogP contribution in [0.25, 0.3) is 0 Å². The first-order valence-corrected chi connectivity index (χ1v) is 9.80. The van der Waals surface area contributed by atoms with Crippen LogP contribution in [0.3, 0.4) is 0 Å². The van der Waals surface area contributed by atoms with Crippen LogP contribution in [0.2, 0.25) is 5.02 Å². The first kappa shape index (κ1) is 23.8. The molecule has 0 bridgehead atoms. The van der Waals surface area contributed by atoms with E-state index in [1.807, 2.05) is 13.8 Å². The van der Waals surface area contributed by atoms with Gasteiger partial charge in [0.05, 0.1) is 5.56 Å². The summed E-state index contributed by atoms with van der Waals surface area (Å²) in [6.07, 6.45) is -2.76. The predicted octanol–water partition coefficient (Wildman–Crippen LogP) is 5.56. The van der Waals surface area contributed by atoms with Crippen molar-refractivity contribution in [3.8, 4) is 17.4 Å². The van der Waals surface area contributed by atoms with Crippen LogP contribution in [0, 0.1) is 6.92 Å². The normalized spacial score (nSPS) is 11.3. The number of hydrogen-bond acceptors (Lipinski definition) is 4. The zero-order valence-corrected chi connectivity index (χ0v) is 17.5. The van der Waals surface area contributed by atoms with Gasteiger partial charge in [-0.2, -0.15) is 13.2 Å². The number of halogens is 4. The maximum atomic E-state index is 12.8. The van der Waals surface area contributed by atoms with E-state index in [-0.39, 0.29) is 23.4 Å². The summed E-state index contributed by atoms with van der Waals surface area (Å²) in [5, 5.41) is -0.270. The Balaban J connectivity index is 2.23. The van der Waals surface area contributed by atoms with Crippen molar-refractivity contribution in [3.05, 3.63) is 53.5 Å². The van der Waals surface area contributed by atoms with Crippen LogP contribution in [-0.2, 0) is 17.4 Å². The quantitative estimate of drug-likeness (QED) is 0.509. The first-order valence-electron chi connectivity index (χ1n) is 9.42. The fourth-order valence-electron chi connectivity index (χ4n) is 2.69. The van der Waals surface area contributed by atoms with E-state index in [2.05, 4.69) is 11.9 Å². The molecule has 0 aliphatic heterocycles. The number of likely N-dealkylation sites (N-methyl/N-ethyl adjacent to an activating group) is 1. The molecule has 1 heterocycles. The Hall–Kier alpha value is -2.48. The van der Waals surface area contributed by atoms with Gasteiger partial charge >= 0.3 is 6.18 Å². The predicted molar refractivity (Wildman–Crippen MR) is 108 cm³/mol. The average Bonchev–Trinajstić information content (AvgIpc) is 2.69. The molecule has 1 amide bonds. The lowest BCUT2D eigenvalue weighted by Crippen LogP contribution is -2.34. The average molecular weight is 444 g/mol. The second kappa shape index (κ2) is 10.5. The monoisotopic (exact) mass is 443 g/mol. The van der Waals surface area contributed by atoms with Crippen molar-refractivity contribution in [2.24, 2.45) is 0 Å². The van der Waals surface area contributed by atoms with Gasteiger partial charge in [0.1, 0.15) is 16.5 Å². The van der Waals surface area contributed by atoms with Crippen molar-refractivity contribution in [3.63, 3.8) is 0 Å². The molecule has 1 aromatic carbocycles. The molecule has 30 heavy (non-hydrogen) atoms. The van der Waals surface area contributed by atoms with Crippen LogP contribution in [0.5, 0.6) is 17.4 Å². The van der Waals surface area contributed by atoms with Gasteiger partial charge in [0, 0.05) is 25.4 Å². The van der Waals surface area contributed by atoms with E-state index in [0.717, 1.165) is 11.6 Å². The van der Waals surface area contributed by atoms with E-state index in [1.165, 1.54) is 0 Å². The van der Waals surface area contributed by atoms with Crippen LogP contribution < -0.4 is 9.47 Å². The van der Waals surface area contributed by atoms with Gasteiger partial charge in [-0.05, 0) is 44.4 Å². The lowest BCUT2D eigenvalue weighted by atomic mass is 10.1. The number of ether oxygens (including phenoxy) is 2. The summed E-state index contributed by atoms with van der Waals surface area (Å²) < 4.78 is 49.7. The summed E-state index contributed by atoms with van der Waals surface area (Å²) in [6.45, 7) is 8.57. The molecule has 2 aromatic rings. The Labute approximate surface area is 178 Å². The van der Waals surface area contributed by atoms with Crippen LogP contribution in [-0.4, -0.2) is 35.5 Å². The van der Waals surface area contributed by atoms with Crippen LogP contribution in [0.1, 0.15) is 31.4 Å². The number of pyridine rings is 1. The second-order valence-electron chi connectivity index (χ2n) is 6.34. The summed E-state index contributed by atoms with van der Waals surface area (Å²) in [7, 11) is 0. The van der Waals surface area contributed by atoms with Crippen LogP contribution in [0.15, 0.2) is 30.5 Å². The van der Waals surface area contributed by atoms with Crippen molar-refractivity contribution < 1.29 is 27.4 Å². The lowest BCUT2D eigenvalue weighted by molar-refractivity contribution is -0.138. The molecule has 1 radical (unpaired) electrons. The van der Waals surface area contributed by atoms with Gasteiger partial charge in [-0.1, -0.05) is 24.6 Å². The number of hydrogen-bond donors (Lipinski definition) is 0. The minimum absolute atomic E-state index is 0.144. The maximum absolute atomic E-state index is 12.8. The van der Waals surface area contributed by atoms with E-state index in [1.54, 1.807) is 23.1 Å². The third kappa shape index (κ3) is 6.26. The molecule has 0 aliphatic rings. The molecule has 0 unspecified atom stereocenters. The fourth-order valence-corrected chi connectivity index (χ4v) is 2.89. The molecule has 0 saturated heterocycles. The van der Waals surface area contributed by atoms with E-state index >= 15 is 0 Å². The number of aryl methyl sites for hydroxylation is 1. The highest BCUT2D eigenvalue weighted by Gasteiger charge is 2.32. The SMILES string of the molecule is [CH2]CCc1ccc(OCC(=O)N(CC)CC)cc1Oc1ncc(C(F)(F)F)cc1Cl. The third-order valence-electron chi connectivity index (χ3n) is 4.30. The van der Waals surface area contributed by atoms with E-state index in [4.69, 9.17) is 21.1 Å². The molecule has 5 nitrogen and oxygen atoms in total. The number of amides is 1. The third-order valence-corrected chi connectivity index (χ3v) is 4.58. The molecule has 0 N–H and O–H groups in total. The number of aromatic nitrogens is 1. The lowest BCUT2D eigenvalue weighted by Gasteiger charge is -2.19. The zero-order valence-electron chi connectivity index (χ0n) is 16.8. The zero-order chi connectivity index (χ0) is 22.3. The van der Waals surface area contributed by atoms with Crippen molar-refractivity contribution in [2.75, 3.05) is 19.7 Å². The van der Waals surface area contributed by atoms with E-state index < -0.39 is 11.7 Å². The Kier molecular flexibility index (Phi) is 8.34. The smallest absolute Gasteiger partial charge is 0.417 e. The number of alkyl halides is 3. The standard InChI is InChI=1S/C21H23ClF3N2O3/c1-4-7-14-8-9-16(29-13-19(28)27(5-2)6-3)11-18(14)30-20-17(22)10-15(12-26-20)21(23,24)25/h8-12H,1,4-7,13H2,2-3H3. The molecule has 9 heteroatoms. The largest absolute Gasteiger partial charge is 0.484 e. The van der Waals surface area contributed by atoms with Crippen molar-refractivity contribution in [2.45, 2.75) is 32.9 Å². The summed E-state index contributed by atoms with van der Waals surface area (Å²) in [6, 6.07) is 5.75. The minimum Gasteiger partial charge on any atom is -0.484 e. The highest BCUT2D eigenvalue weighted by atomic mass is 35.5. The molecule has 0 fully saturated rings. The summed E-state index contributed by atoms with van der Waals surface area (Å²) >= 11 is 5.94. The van der Waals surface area contributed by atoms with Crippen molar-refractivity contribution >= 4 is 17.5 Å². The summed E-state index contributed by atoms with van der Waals surface area (Å²) in [5.41, 5.74) is -0.213. The van der Waals surface area contributed by atoms with E-state index in [9.17, 15) is 18.0 Å². The first-order chi connectivity index (χ1) is 14.2. The summed E-state index contributed by atoms with van der Waals surface area (Å²) in [4.78, 5) is 17.5. The highest BCUT2D eigenvalue weighted by Crippen LogP contribution is 2.36. The number of carbonyl (C=O) groups is 1. The van der Waals surface area contributed by atoms with Gasteiger partial charge in [-0.3, -0.25) is 4.79 Å².